The molecule has 1 rings (SSSR count). The maximum atomic E-state index is 11.7. The first-order valence-corrected chi connectivity index (χ1v) is 6.65. The Morgan fingerprint density at radius 1 is 1.47 bits per heavy atom. The number of hydrogen-bond acceptors (Lipinski definition) is 3. The largest absolute Gasteiger partial charge is 0.378 e. The van der Waals surface area contributed by atoms with Crippen LogP contribution in [0.15, 0.2) is 0 Å². The zero-order chi connectivity index (χ0) is 12.8. The van der Waals surface area contributed by atoms with Crippen LogP contribution in [-0.2, 0) is 9.53 Å². The molecule has 0 aliphatic carbocycles. The van der Waals surface area contributed by atoms with Crippen molar-refractivity contribution in [2.75, 3.05) is 19.7 Å². The summed E-state index contributed by atoms with van der Waals surface area (Å²) in [5, 5.41) is 2.99. The van der Waals surface area contributed by atoms with E-state index in [9.17, 15) is 4.79 Å². The van der Waals surface area contributed by atoms with Gasteiger partial charge in [-0.25, -0.2) is 0 Å². The molecule has 1 saturated heterocycles. The number of nitrogens with one attached hydrogen (secondary N) is 1. The SMILES string of the molecule is CC(CN)C(=O)NCC1CCCOC1C(C)C. The second-order valence-corrected chi connectivity index (χ2v) is 5.36. The molecule has 4 nitrogen and oxygen atoms in total. The predicted octanol–water partition coefficient (Wildman–Crippen LogP) is 1.15. The molecular weight excluding hydrogens is 216 g/mol. The molecule has 1 amide bonds. The van der Waals surface area contributed by atoms with Crippen LogP contribution in [0.25, 0.3) is 0 Å². The van der Waals surface area contributed by atoms with Crippen molar-refractivity contribution in [1.82, 2.24) is 5.32 Å². The van der Waals surface area contributed by atoms with Crippen molar-refractivity contribution in [2.45, 2.75) is 39.7 Å². The van der Waals surface area contributed by atoms with Crippen molar-refractivity contribution >= 4 is 5.91 Å². The Bertz CT molecular complexity index is 244. The van der Waals surface area contributed by atoms with Gasteiger partial charge in [0.2, 0.25) is 5.91 Å². The average molecular weight is 242 g/mol. The summed E-state index contributed by atoms with van der Waals surface area (Å²) in [5.74, 6) is 0.902. The van der Waals surface area contributed by atoms with E-state index in [-0.39, 0.29) is 17.9 Å². The molecule has 0 aromatic rings. The van der Waals surface area contributed by atoms with Crippen molar-refractivity contribution in [3.63, 3.8) is 0 Å². The molecule has 0 aromatic carbocycles. The molecule has 100 valence electrons. The van der Waals surface area contributed by atoms with Crippen LogP contribution in [0.2, 0.25) is 0 Å². The minimum atomic E-state index is -0.1000. The highest BCUT2D eigenvalue weighted by Gasteiger charge is 2.28. The smallest absolute Gasteiger partial charge is 0.224 e. The van der Waals surface area contributed by atoms with Crippen LogP contribution in [0.1, 0.15) is 33.6 Å². The van der Waals surface area contributed by atoms with Gasteiger partial charge in [-0.1, -0.05) is 20.8 Å². The molecule has 17 heavy (non-hydrogen) atoms. The topological polar surface area (TPSA) is 64.4 Å². The van der Waals surface area contributed by atoms with Gasteiger partial charge in [-0.2, -0.15) is 0 Å². The molecule has 1 aliphatic rings. The van der Waals surface area contributed by atoms with Gasteiger partial charge in [0.25, 0.3) is 0 Å². The molecule has 3 unspecified atom stereocenters. The zero-order valence-corrected chi connectivity index (χ0v) is 11.2. The summed E-state index contributed by atoms with van der Waals surface area (Å²) in [5.41, 5.74) is 5.47. The van der Waals surface area contributed by atoms with Crippen molar-refractivity contribution in [2.24, 2.45) is 23.5 Å². The summed E-state index contributed by atoms with van der Waals surface area (Å²) < 4.78 is 5.80. The molecule has 1 aliphatic heterocycles. The summed E-state index contributed by atoms with van der Waals surface area (Å²) in [4.78, 5) is 11.7. The second kappa shape index (κ2) is 6.97. The maximum absolute atomic E-state index is 11.7. The van der Waals surface area contributed by atoms with E-state index in [2.05, 4.69) is 19.2 Å². The minimum absolute atomic E-state index is 0.0561. The van der Waals surface area contributed by atoms with Crippen LogP contribution in [0.5, 0.6) is 0 Å². The highest BCUT2D eigenvalue weighted by molar-refractivity contribution is 5.78. The standard InChI is InChI=1S/C13H26N2O2/c1-9(2)12-11(5-4-6-17-12)8-15-13(16)10(3)7-14/h9-12H,4-8,14H2,1-3H3,(H,15,16). The average Bonchev–Trinajstić information content (AvgIpc) is 2.35. The lowest BCUT2D eigenvalue weighted by Gasteiger charge is -2.34. The summed E-state index contributed by atoms with van der Waals surface area (Å²) in [6.07, 6.45) is 2.51. The number of carbonyl (C=O) groups excluding carboxylic acids is 1. The molecule has 0 aromatic heterocycles. The number of rotatable bonds is 5. The van der Waals surface area contributed by atoms with Gasteiger partial charge in [0.1, 0.15) is 0 Å². The van der Waals surface area contributed by atoms with Gasteiger partial charge in [0.15, 0.2) is 0 Å². The Morgan fingerprint density at radius 2 is 2.18 bits per heavy atom. The Hall–Kier alpha value is -0.610. The van der Waals surface area contributed by atoms with E-state index in [1.807, 2.05) is 6.92 Å². The third kappa shape index (κ3) is 4.28. The lowest BCUT2D eigenvalue weighted by molar-refractivity contribution is -0.125. The fourth-order valence-corrected chi connectivity index (χ4v) is 2.33. The summed E-state index contributed by atoms with van der Waals surface area (Å²) in [7, 11) is 0. The van der Waals surface area contributed by atoms with Gasteiger partial charge in [-0.15, -0.1) is 0 Å². The highest BCUT2D eigenvalue weighted by Crippen LogP contribution is 2.25. The third-order valence-electron chi connectivity index (χ3n) is 3.49. The van der Waals surface area contributed by atoms with Crippen LogP contribution in [-0.4, -0.2) is 31.7 Å². The van der Waals surface area contributed by atoms with Crippen molar-refractivity contribution in [3.8, 4) is 0 Å². The minimum Gasteiger partial charge on any atom is -0.378 e. The van der Waals surface area contributed by atoms with Crippen LogP contribution >= 0.6 is 0 Å². The first kappa shape index (κ1) is 14.5. The van der Waals surface area contributed by atoms with Crippen molar-refractivity contribution in [1.29, 1.82) is 0 Å². The second-order valence-electron chi connectivity index (χ2n) is 5.36. The van der Waals surface area contributed by atoms with Gasteiger partial charge < -0.3 is 15.8 Å². The van der Waals surface area contributed by atoms with Gasteiger partial charge in [-0.05, 0) is 18.8 Å². The molecule has 0 spiro atoms. The first-order chi connectivity index (χ1) is 8.06. The molecule has 3 atom stereocenters. The molecule has 3 N–H and O–H groups in total. The lowest BCUT2D eigenvalue weighted by atomic mass is 9.87. The Labute approximate surface area is 104 Å². The van der Waals surface area contributed by atoms with Crippen LogP contribution < -0.4 is 11.1 Å². The fraction of sp³-hybridized carbons (Fsp3) is 0.923. The predicted molar refractivity (Wildman–Crippen MR) is 68.5 cm³/mol. The van der Waals surface area contributed by atoms with E-state index in [0.717, 1.165) is 19.4 Å². The van der Waals surface area contributed by atoms with Crippen LogP contribution in [0.4, 0.5) is 0 Å². The molecular formula is C13H26N2O2. The van der Waals surface area contributed by atoms with E-state index < -0.39 is 0 Å². The summed E-state index contributed by atoms with van der Waals surface area (Å²) in [6, 6.07) is 0. The van der Waals surface area contributed by atoms with E-state index in [1.165, 1.54) is 0 Å². The van der Waals surface area contributed by atoms with Crippen LogP contribution in [0.3, 0.4) is 0 Å². The van der Waals surface area contributed by atoms with E-state index >= 15 is 0 Å². The van der Waals surface area contributed by atoms with Gasteiger partial charge >= 0.3 is 0 Å². The van der Waals surface area contributed by atoms with E-state index in [4.69, 9.17) is 10.5 Å². The third-order valence-corrected chi connectivity index (χ3v) is 3.49. The number of nitrogens with two attached hydrogens (primary N) is 1. The Balaban J connectivity index is 2.40. The molecule has 0 bridgehead atoms. The molecule has 0 saturated carbocycles. The lowest BCUT2D eigenvalue weighted by Crippen LogP contribution is -2.43. The van der Waals surface area contributed by atoms with Crippen molar-refractivity contribution in [3.05, 3.63) is 0 Å². The maximum Gasteiger partial charge on any atom is 0.224 e. The summed E-state index contributed by atoms with van der Waals surface area (Å²) in [6.45, 7) is 8.17. The normalized spacial score (nSPS) is 26.9. The van der Waals surface area contributed by atoms with Crippen LogP contribution in [0, 0.1) is 17.8 Å². The molecule has 1 heterocycles. The van der Waals surface area contributed by atoms with E-state index in [0.29, 0.717) is 24.9 Å². The quantitative estimate of drug-likeness (QED) is 0.760. The number of ether oxygens (including phenoxy) is 1. The van der Waals surface area contributed by atoms with Gasteiger partial charge in [-0.3, -0.25) is 4.79 Å². The molecule has 0 radical (unpaired) electrons. The Kier molecular flexibility index (Phi) is 5.92. The van der Waals surface area contributed by atoms with Gasteiger partial charge in [0, 0.05) is 31.5 Å². The first-order valence-electron chi connectivity index (χ1n) is 6.65. The monoisotopic (exact) mass is 242 g/mol. The molecule has 1 fully saturated rings. The Morgan fingerprint density at radius 3 is 2.76 bits per heavy atom. The number of hydrogen-bond donors (Lipinski definition) is 2. The summed E-state index contributed by atoms with van der Waals surface area (Å²) >= 11 is 0. The highest BCUT2D eigenvalue weighted by atomic mass is 16.5. The zero-order valence-electron chi connectivity index (χ0n) is 11.2. The van der Waals surface area contributed by atoms with Crippen molar-refractivity contribution < 1.29 is 9.53 Å². The number of amides is 1. The van der Waals surface area contributed by atoms with Gasteiger partial charge in [0.05, 0.1) is 6.10 Å². The fourth-order valence-electron chi connectivity index (χ4n) is 2.33. The van der Waals surface area contributed by atoms with E-state index in [1.54, 1.807) is 0 Å². The molecule has 4 heteroatoms. The number of carbonyl (C=O) groups is 1.